The SMILES string of the molecule is CC.CC(C)c1cnn2cc(CN(C)C)ccc12. The second-order valence-electron chi connectivity index (χ2n) is 4.86. The van der Waals surface area contributed by atoms with Crippen molar-refractivity contribution in [3.63, 3.8) is 0 Å². The maximum atomic E-state index is 4.41. The lowest BCUT2D eigenvalue weighted by molar-refractivity contribution is 0.401. The Hall–Kier alpha value is -1.35. The quantitative estimate of drug-likeness (QED) is 0.827. The Morgan fingerprint density at radius 3 is 2.44 bits per heavy atom. The second kappa shape index (κ2) is 6.55. The molecule has 0 aromatic carbocycles. The molecular weight excluding hydrogens is 222 g/mol. The van der Waals surface area contributed by atoms with Crippen LogP contribution in [0.25, 0.3) is 5.52 Å². The first-order valence-corrected chi connectivity index (χ1v) is 6.69. The summed E-state index contributed by atoms with van der Waals surface area (Å²) in [6.45, 7) is 9.35. The third kappa shape index (κ3) is 3.33. The molecule has 0 N–H and O–H groups in total. The van der Waals surface area contributed by atoms with Gasteiger partial charge in [0.15, 0.2) is 0 Å². The first kappa shape index (κ1) is 14.7. The predicted octanol–water partition coefficient (Wildman–Crippen LogP) is 3.55. The van der Waals surface area contributed by atoms with E-state index in [-0.39, 0.29) is 0 Å². The molecule has 0 aliphatic rings. The fraction of sp³-hybridized carbons (Fsp3) is 0.533. The van der Waals surface area contributed by atoms with Crippen molar-refractivity contribution in [1.29, 1.82) is 0 Å². The van der Waals surface area contributed by atoms with Gasteiger partial charge in [0.25, 0.3) is 0 Å². The van der Waals surface area contributed by atoms with E-state index in [1.165, 1.54) is 16.6 Å². The van der Waals surface area contributed by atoms with Crippen LogP contribution in [-0.2, 0) is 6.54 Å². The Morgan fingerprint density at radius 2 is 1.89 bits per heavy atom. The number of hydrogen-bond acceptors (Lipinski definition) is 2. The average Bonchev–Trinajstić information content (AvgIpc) is 2.73. The van der Waals surface area contributed by atoms with E-state index in [0.717, 1.165) is 6.54 Å². The molecule has 0 amide bonds. The van der Waals surface area contributed by atoms with Gasteiger partial charge in [0, 0.05) is 18.3 Å². The number of fused-ring (bicyclic) bond motifs is 1. The Labute approximate surface area is 110 Å². The zero-order chi connectivity index (χ0) is 13.7. The number of hydrogen-bond donors (Lipinski definition) is 0. The smallest absolute Gasteiger partial charge is 0.0696 e. The van der Waals surface area contributed by atoms with E-state index >= 15 is 0 Å². The van der Waals surface area contributed by atoms with Crippen LogP contribution in [0.2, 0.25) is 0 Å². The molecule has 0 saturated heterocycles. The Morgan fingerprint density at radius 1 is 1.22 bits per heavy atom. The van der Waals surface area contributed by atoms with Crippen molar-refractivity contribution in [2.75, 3.05) is 14.1 Å². The molecule has 0 bridgehead atoms. The highest BCUT2D eigenvalue weighted by molar-refractivity contribution is 5.55. The van der Waals surface area contributed by atoms with Crippen LogP contribution < -0.4 is 0 Å². The highest BCUT2D eigenvalue weighted by atomic mass is 15.2. The molecule has 18 heavy (non-hydrogen) atoms. The number of nitrogens with zero attached hydrogens (tertiary/aromatic N) is 3. The minimum atomic E-state index is 0.525. The fourth-order valence-corrected chi connectivity index (χ4v) is 1.95. The third-order valence-corrected chi connectivity index (χ3v) is 2.73. The molecule has 0 saturated carbocycles. The molecule has 2 heterocycles. The van der Waals surface area contributed by atoms with Gasteiger partial charge in [0.05, 0.1) is 11.7 Å². The summed E-state index contributed by atoms with van der Waals surface area (Å²) in [5.74, 6) is 0.525. The summed E-state index contributed by atoms with van der Waals surface area (Å²) >= 11 is 0. The van der Waals surface area contributed by atoms with Gasteiger partial charge in [0.1, 0.15) is 0 Å². The molecule has 3 nitrogen and oxygen atoms in total. The molecule has 3 heteroatoms. The van der Waals surface area contributed by atoms with Gasteiger partial charge in [-0.15, -0.1) is 0 Å². The molecule has 100 valence electrons. The topological polar surface area (TPSA) is 20.5 Å². The zero-order valence-corrected chi connectivity index (χ0v) is 12.4. The van der Waals surface area contributed by atoms with Crippen LogP contribution >= 0.6 is 0 Å². The van der Waals surface area contributed by atoms with Gasteiger partial charge in [-0.05, 0) is 31.6 Å². The van der Waals surface area contributed by atoms with E-state index in [4.69, 9.17) is 0 Å². The molecule has 0 radical (unpaired) electrons. The average molecular weight is 247 g/mol. The van der Waals surface area contributed by atoms with Gasteiger partial charge in [-0.1, -0.05) is 33.8 Å². The second-order valence-corrected chi connectivity index (χ2v) is 4.86. The molecule has 0 spiro atoms. The zero-order valence-electron chi connectivity index (χ0n) is 12.4. The summed E-state index contributed by atoms with van der Waals surface area (Å²) in [5.41, 5.74) is 3.82. The molecule has 2 aromatic heterocycles. The Kier molecular flexibility index (Phi) is 5.35. The summed E-state index contributed by atoms with van der Waals surface area (Å²) in [4.78, 5) is 2.16. The maximum Gasteiger partial charge on any atom is 0.0696 e. The van der Waals surface area contributed by atoms with E-state index in [1.807, 2.05) is 24.6 Å². The van der Waals surface area contributed by atoms with Crippen LogP contribution in [0.3, 0.4) is 0 Å². The van der Waals surface area contributed by atoms with Crippen LogP contribution in [-0.4, -0.2) is 28.6 Å². The third-order valence-electron chi connectivity index (χ3n) is 2.73. The van der Waals surface area contributed by atoms with Gasteiger partial charge in [-0.2, -0.15) is 5.10 Å². The lowest BCUT2D eigenvalue weighted by Gasteiger charge is -2.10. The largest absolute Gasteiger partial charge is 0.305 e. The summed E-state index contributed by atoms with van der Waals surface area (Å²) in [5, 5.41) is 4.41. The van der Waals surface area contributed by atoms with Gasteiger partial charge in [0.2, 0.25) is 0 Å². The van der Waals surface area contributed by atoms with E-state index in [2.05, 4.69) is 56.3 Å². The summed E-state index contributed by atoms with van der Waals surface area (Å²) in [7, 11) is 4.15. The normalized spacial score (nSPS) is 10.9. The molecule has 2 rings (SSSR count). The molecular formula is C15H25N3. The molecule has 0 aliphatic heterocycles. The highest BCUT2D eigenvalue weighted by Gasteiger charge is 2.07. The molecule has 0 atom stereocenters. The maximum absolute atomic E-state index is 4.41. The van der Waals surface area contributed by atoms with Gasteiger partial charge >= 0.3 is 0 Å². The van der Waals surface area contributed by atoms with Gasteiger partial charge in [-0.3, -0.25) is 0 Å². The van der Waals surface area contributed by atoms with Crippen molar-refractivity contribution >= 4 is 5.52 Å². The molecule has 0 fully saturated rings. The van der Waals surface area contributed by atoms with E-state index in [1.54, 1.807) is 0 Å². The van der Waals surface area contributed by atoms with E-state index in [0.29, 0.717) is 5.92 Å². The van der Waals surface area contributed by atoms with Crippen LogP contribution in [0.4, 0.5) is 0 Å². The minimum Gasteiger partial charge on any atom is -0.305 e. The monoisotopic (exact) mass is 247 g/mol. The number of pyridine rings is 1. The van der Waals surface area contributed by atoms with Crippen LogP contribution in [0.15, 0.2) is 24.5 Å². The Balaban J connectivity index is 0.000000771. The summed E-state index contributed by atoms with van der Waals surface area (Å²) < 4.78 is 1.98. The van der Waals surface area contributed by atoms with Crippen molar-refractivity contribution in [1.82, 2.24) is 14.5 Å². The van der Waals surface area contributed by atoms with E-state index in [9.17, 15) is 0 Å². The Bertz CT molecular complexity index is 483. The number of aromatic nitrogens is 2. The van der Waals surface area contributed by atoms with E-state index < -0.39 is 0 Å². The summed E-state index contributed by atoms with van der Waals surface area (Å²) in [6, 6.07) is 4.35. The van der Waals surface area contributed by atoms with Crippen molar-refractivity contribution in [3.8, 4) is 0 Å². The van der Waals surface area contributed by atoms with Crippen LogP contribution in [0, 0.1) is 0 Å². The van der Waals surface area contributed by atoms with Gasteiger partial charge in [-0.25, -0.2) is 4.52 Å². The molecule has 0 unspecified atom stereocenters. The van der Waals surface area contributed by atoms with Crippen molar-refractivity contribution in [2.45, 2.75) is 40.2 Å². The predicted molar refractivity (Wildman–Crippen MR) is 78.0 cm³/mol. The molecule has 2 aromatic rings. The van der Waals surface area contributed by atoms with Crippen molar-refractivity contribution in [3.05, 3.63) is 35.7 Å². The first-order valence-electron chi connectivity index (χ1n) is 6.69. The standard InChI is InChI=1S/C13H19N3.C2H6/c1-10(2)12-7-14-16-9-11(8-15(3)4)5-6-13(12)16;1-2/h5-7,9-10H,8H2,1-4H3;1-2H3. The first-order chi connectivity index (χ1) is 8.58. The van der Waals surface area contributed by atoms with Crippen LogP contribution in [0.1, 0.15) is 44.7 Å². The fourth-order valence-electron chi connectivity index (χ4n) is 1.95. The van der Waals surface area contributed by atoms with Crippen molar-refractivity contribution in [2.24, 2.45) is 0 Å². The minimum absolute atomic E-state index is 0.525. The summed E-state index contributed by atoms with van der Waals surface area (Å²) in [6.07, 6.45) is 4.08. The lowest BCUT2D eigenvalue weighted by Crippen LogP contribution is -2.11. The molecule has 0 aliphatic carbocycles. The van der Waals surface area contributed by atoms with Gasteiger partial charge < -0.3 is 4.90 Å². The van der Waals surface area contributed by atoms with Crippen molar-refractivity contribution < 1.29 is 0 Å². The lowest BCUT2D eigenvalue weighted by atomic mass is 10.1. The van der Waals surface area contributed by atoms with Crippen LogP contribution in [0.5, 0.6) is 0 Å². The number of rotatable bonds is 3. The highest BCUT2D eigenvalue weighted by Crippen LogP contribution is 2.20.